The van der Waals surface area contributed by atoms with Gasteiger partial charge in [-0.15, -0.1) is 0 Å². The lowest BCUT2D eigenvalue weighted by atomic mass is 9.96. The first-order chi connectivity index (χ1) is 20.2. The summed E-state index contributed by atoms with van der Waals surface area (Å²) in [5, 5.41) is 10.1. The summed E-state index contributed by atoms with van der Waals surface area (Å²) in [5.74, 6) is -3.54. The van der Waals surface area contributed by atoms with Gasteiger partial charge < -0.3 is 19.3 Å². The Hall–Kier alpha value is -2.90. The van der Waals surface area contributed by atoms with E-state index in [1.807, 2.05) is 20.8 Å². The third-order valence-electron chi connectivity index (χ3n) is 8.01. The van der Waals surface area contributed by atoms with Gasteiger partial charge in [0.2, 0.25) is 0 Å². The quantitative estimate of drug-likeness (QED) is 0.106. The van der Waals surface area contributed by atoms with Crippen LogP contribution in [0.4, 0.5) is 0 Å². The van der Waals surface area contributed by atoms with Crippen LogP contribution >= 0.6 is 0 Å². The smallest absolute Gasteiger partial charge is 0.339 e. The molecule has 0 fully saturated rings. The number of carboxylic acids is 1. The summed E-state index contributed by atoms with van der Waals surface area (Å²) in [6, 6.07) is 2.30. The monoisotopic (exact) mass is 590 g/mol. The molecule has 3 unspecified atom stereocenters. The predicted molar refractivity (Wildman–Crippen MR) is 164 cm³/mol. The minimum Gasteiger partial charge on any atom is -0.478 e. The number of benzene rings is 1. The molecule has 0 aliphatic carbocycles. The van der Waals surface area contributed by atoms with Gasteiger partial charge in [-0.1, -0.05) is 99.3 Å². The lowest BCUT2D eigenvalue weighted by Gasteiger charge is -2.19. The lowest BCUT2D eigenvalue weighted by Crippen LogP contribution is -2.23. The van der Waals surface area contributed by atoms with Crippen molar-refractivity contribution in [1.29, 1.82) is 0 Å². The van der Waals surface area contributed by atoms with E-state index in [1.54, 1.807) is 0 Å². The second-order valence-electron chi connectivity index (χ2n) is 11.3. The molecule has 0 aliphatic heterocycles. The number of unbranched alkanes of at least 4 members (excludes halogenated alkanes) is 3. The van der Waals surface area contributed by atoms with Gasteiger partial charge in [0.05, 0.1) is 42.1 Å². The van der Waals surface area contributed by atoms with E-state index in [-0.39, 0.29) is 48.7 Å². The first kappa shape index (κ1) is 37.1. The van der Waals surface area contributed by atoms with Crippen LogP contribution in [0.1, 0.15) is 160 Å². The molecule has 0 saturated carbocycles. The van der Waals surface area contributed by atoms with E-state index in [0.29, 0.717) is 0 Å². The standard InChI is InChI=1S/C34H54O8/c1-7-13-16-24(10-4)21-40-32(37)27-19-28(31(35)36)30(34(39)42-23-26(12-6)18-15-9-3)29(20-27)33(38)41-22-25(11-5)17-14-8-2/h19-20,24-26H,7-18,21-23H2,1-6H3,(H,35,36). The number of hydrogen-bond acceptors (Lipinski definition) is 7. The highest BCUT2D eigenvalue weighted by atomic mass is 16.5. The average Bonchev–Trinajstić information content (AvgIpc) is 3.00. The van der Waals surface area contributed by atoms with Crippen molar-refractivity contribution in [1.82, 2.24) is 0 Å². The van der Waals surface area contributed by atoms with Crippen molar-refractivity contribution in [2.75, 3.05) is 19.8 Å². The van der Waals surface area contributed by atoms with Crippen LogP contribution in [0.2, 0.25) is 0 Å². The minimum atomic E-state index is -1.45. The molecule has 0 amide bonds. The summed E-state index contributed by atoms with van der Waals surface area (Å²) in [6.45, 7) is 12.8. The van der Waals surface area contributed by atoms with Crippen molar-refractivity contribution in [3.05, 3.63) is 34.4 Å². The molecule has 0 spiro atoms. The highest BCUT2D eigenvalue weighted by Crippen LogP contribution is 2.24. The molecule has 0 aromatic heterocycles. The Morgan fingerprint density at radius 2 is 0.976 bits per heavy atom. The molecule has 0 radical (unpaired) electrons. The van der Waals surface area contributed by atoms with E-state index in [9.17, 15) is 24.3 Å². The van der Waals surface area contributed by atoms with Gasteiger partial charge in [0.15, 0.2) is 0 Å². The third kappa shape index (κ3) is 12.5. The maximum atomic E-state index is 13.4. The van der Waals surface area contributed by atoms with Crippen molar-refractivity contribution >= 4 is 23.9 Å². The number of rotatable bonds is 22. The van der Waals surface area contributed by atoms with Gasteiger partial charge in [0.25, 0.3) is 0 Å². The highest BCUT2D eigenvalue weighted by molar-refractivity contribution is 6.12. The van der Waals surface area contributed by atoms with Gasteiger partial charge in [0.1, 0.15) is 0 Å². The van der Waals surface area contributed by atoms with Crippen LogP contribution in [0, 0.1) is 17.8 Å². The SMILES string of the molecule is CCCCC(CC)COC(=O)c1cc(C(=O)O)c(C(=O)OCC(CC)CCCC)c(C(=O)OCC(CC)CCCC)c1. The summed E-state index contributed by atoms with van der Waals surface area (Å²) in [4.78, 5) is 52.2. The van der Waals surface area contributed by atoms with Crippen LogP contribution < -0.4 is 0 Å². The Kier molecular flexibility index (Phi) is 18.5. The third-order valence-corrected chi connectivity index (χ3v) is 8.01. The molecule has 42 heavy (non-hydrogen) atoms. The molecule has 238 valence electrons. The zero-order valence-corrected chi connectivity index (χ0v) is 26.8. The number of esters is 3. The molecule has 3 atom stereocenters. The molecule has 0 saturated heterocycles. The fourth-order valence-corrected chi connectivity index (χ4v) is 4.82. The van der Waals surface area contributed by atoms with Crippen molar-refractivity contribution < 1.29 is 38.5 Å². The molecule has 1 aromatic carbocycles. The van der Waals surface area contributed by atoms with E-state index in [1.165, 1.54) is 6.07 Å². The maximum Gasteiger partial charge on any atom is 0.339 e. The highest BCUT2D eigenvalue weighted by Gasteiger charge is 2.30. The van der Waals surface area contributed by atoms with Gasteiger partial charge in [-0.3, -0.25) is 0 Å². The fourth-order valence-electron chi connectivity index (χ4n) is 4.82. The van der Waals surface area contributed by atoms with Crippen molar-refractivity contribution in [2.24, 2.45) is 17.8 Å². The van der Waals surface area contributed by atoms with E-state index >= 15 is 0 Å². The lowest BCUT2D eigenvalue weighted by molar-refractivity contribution is 0.0375. The van der Waals surface area contributed by atoms with E-state index in [2.05, 4.69) is 20.8 Å². The molecule has 0 bridgehead atoms. The van der Waals surface area contributed by atoms with Gasteiger partial charge in [-0.2, -0.15) is 0 Å². The minimum absolute atomic E-state index is 0.109. The number of carbonyl (C=O) groups excluding carboxylic acids is 3. The molecule has 0 heterocycles. The number of carboxylic acid groups (broad SMARTS) is 1. The molecule has 8 heteroatoms. The summed E-state index contributed by atoms with van der Waals surface area (Å²) in [5.41, 5.74) is -1.30. The van der Waals surface area contributed by atoms with Crippen LogP contribution in [-0.2, 0) is 14.2 Å². The van der Waals surface area contributed by atoms with Crippen LogP contribution in [0.5, 0.6) is 0 Å². The van der Waals surface area contributed by atoms with Crippen LogP contribution in [0.3, 0.4) is 0 Å². The number of hydrogen-bond donors (Lipinski definition) is 1. The summed E-state index contributed by atoms with van der Waals surface area (Å²) in [6.07, 6.45) is 11.2. The maximum absolute atomic E-state index is 13.4. The average molecular weight is 591 g/mol. The number of carbonyl (C=O) groups is 4. The van der Waals surface area contributed by atoms with Crippen molar-refractivity contribution in [3.8, 4) is 0 Å². The first-order valence-corrected chi connectivity index (χ1v) is 16.1. The van der Waals surface area contributed by atoms with Crippen LogP contribution in [0.15, 0.2) is 12.1 Å². The molecule has 1 N–H and O–H groups in total. The largest absolute Gasteiger partial charge is 0.478 e. The van der Waals surface area contributed by atoms with Crippen LogP contribution in [0.25, 0.3) is 0 Å². The molecule has 0 aliphatic rings. The second-order valence-corrected chi connectivity index (χ2v) is 11.3. The number of aromatic carboxylic acids is 1. The van der Waals surface area contributed by atoms with Crippen LogP contribution in [-0.4, -0.2) is 48.8 Å². The predicted octanol–water partition coefficient (Wildman–Crippen LogP) is 8.50. The Labute approximate surface area is 252 Å². The first-order valence-electron chi connectivity index (χ1n) is 16.1. The molecular formula is C34H54O8. The van der Waals surface area contributed by atoms with Gasteiger partial charge in [-0.05, 0) is 49.1 Å². The van der Waals surface area contributed by atoms with Gasteiger partial charge >= 0.3 is 23.9 Å². The Morgan fingerprint density at radius 1 is 0.595 bits per heavy atom. The molecule has 8 nitrogen and oxygen atoms in total. The fraction of sp³-hybridized carbons (Fsp3) is 0.706. The zero-order valence-electron chi connectivity index (χ0n) is 26.8. The number of ether oxygens (including phenoxy) is 3. The van der Waals surface area contributed by atoms with Crippen molar-refractivity contribution in [3.63, 3.8) is 0 Å². The second kappa shape index (κ2) is 20.9. The zero-order chi connectivity index (χ0) is 31.5. The molecule has 1 aromatic rings. The Bertz CT molecular complexity index is 986. The summed E-state index contributed by atoms with van der Waals surface area (Å²) in [7, 11) is 0. The van der Waals surface area contributed by atoms with Crippen molar-refractivity contribution in [2.45, 2.75) is 119 Å². The molecular weight excluding hydrogens is 536 g/mol. The van der Waals surface area contributed by atoms with Gasteiger partial charge in [0, 0.05) is 0 Å². The van der Waals surface area contributed by atoms with E-state index in [0.717, 1.165) is 83.1 Å². The molecule has 1 rings (SSSR count). The topological polar surface area (TPSA) is 116 Å². The normalized spacial score (nSPS) is 13.2. The van der Waals surface area contributed by atoms with Gasteiger partial charge in [-0.25, -0.2) is 19.2 Å². The Morgan fingerprint density at radius 3 is 1.36 bits per heavy atom. The summed E-state index contributed by atoms with van der Waals surface area (Å²) < 4.78 is 16.7. The van der Waals surface area contributed by atoms with E-state index in [4.69, 9.17) is 14.2 Å². The summed E-state index contributed by atoms with van der Waals surface area (Å²) >= 11 is 0. The van der Waals surface area contributed by atoms with E-state index < -0.39 is 35.0 Å². The Balaban J connectivity index is 3.41.